The Kier molecular flexibility index (Phi) is 2.69. The van der Waals surface area contributed by atoms with Crippen molar-refractivity contribution in [1.82, 2.24) is 20.3 Å². The van der Waals surface area contributed by atoms with Crippen LogP contribution in [0.1, 0.15) is 50.8 Å². The van der Waals surface area contributed by atoms with Crippen LogP contribution < -0.4 is 0 Å². The summed E-state index contributed by atoms with van der Waals surface area (Å²) in [6, 6.07) is 0. The first-order valence-corrected chi connectivity index (χ1v) is 7.98. The van der Waals surface area contributed by atoms with Gasteiger partial charge in [0.15, 0.2) is 0 Å². The van der Waals surface area contributed by atoms with Crippen molar-refractivity contribution in [2.75, 3.05) is 0 Å². The molecule has 0 saturated heterocycles. The lowest BCUT2D eigenvalue weighted by atomic mass is 9.54. The van der Waals surface area contributed by atoms with E-state index < -0.39 is 0 Å². The Morgan fingerprint density at radius 1 is 1.32 bits per heavy atom. The van der Waals surface area contributed by atoms with Gasteiger partial charge in [0, 0.05) is 23.6 Å². The van der Waals surface area contributed by atoms with Crippen LogP contribution in [0, 0.1) is 18.3 Å². The van der Waals surface area contributed by atoms with Crippen molar-refractivity contribution in [3.63, 3.8) is 0 Å². The number of rotatable bonds is 1. The largest absolute Gasteiger partial charge is 0.339 e. The molecule has 2 aromatic heterocycles. The Bertz CT molecular complexity index is 755. The van der Waals surface area contributed by atoms with Crippen molar-refractivity contribution in [1.29, 1.82) is 0 Å². The molecule has 22 heavy (non-hydrogen) atoms. The Morgan fingerprint density at radius 2 is 2.14 bits per heavy atom. The Hall–Kier alpha value is -1.91. The van der Waals surface area contributed by atoms with E-state index in [1.54, 1.807) is 6.92 Å². The molecule has 0 amide bonds. The standard InChI is InChI=1S/C17H22N4O/c1-10-18-15(21-22-10)13-11-6-7-12-16(2,3)8-5-9-17(12,4)14(11)20-19-13/h5,9,12H,6-8H2,1-4H3,(H,19,20)/t12-,17-/m0/s1. The first-order valence-electron chi connectivity index (χ1n) is 7.98. The number of nitrogens with zero attached hydrogens (tertiary/aromatic N) is 3. The molecule has 5 nitrogen and oxygen atoms in total. The first kappa shape index (κ1) is 13.7. The van der Waals surface area contributed by atoms with E-state index in [2.05, 4.69) is 53.3 Å². The van der Waals surface area contributed by atoms with Gasteiger partial charge in [0.2, 0.25) is 11.7 Å². The lowest BCUT2D eigenvalue weighted by molar-refractivity contribution is 0.112. The van der Waals surface area contributed by atoms with E-state index in [1.807, 2.05) is 0 Å². The van der Waals surface area contributed by atoms with Crippen LogP contribution in [0.3, 0.4) is 0 Å². The highest BCUT2D eigenvalue weighted by atomic mass is 16.5. The summed E-state index contributed by atoms with van der Waals surface area (Å²) >= 11 is 0. The molecule has 0 aliphatic heterocycles. The van der Waals surface area contributed by atoms with Gasteiger partial charge in [-0.2, -0.15) is 10.1 Å². The maximum atomic E-state index is 5.12. The smallest absolute Gasteiger partial charge is 0.223 e. The monoisotopic (exact) mass is 298 g/mol. The minimum Gasteiger partial charge on any atom is -0.339 e. The molecule has 0 unspecified atom stereocenters. The summed E-state index contributed by atoms with van der Waals surface area (Å²) in [6.07, 6.45) is 8.03. The van der Waals surface area contributed by atoms with Gasteiger partial charge in [0.25, 0.3) is 0 Å². The number of allylic oxidation sites excluding steroid dienone is 2. The zero-order valence-corrected chi connectivity index (χ0v) is 13.6. The molecule has 2 heterocycles. The van der Waals surface area contributed by atoms with Crippen molar-refractivity contribution in [2.24, 2.45) is 11.3 Å². The normalized spacial score (nSPS) is 29.2. The van der Waals surface area contributed by atoms with Crippen LogP contribution >= 0.6 is 0 Å². The molecule has 0 spiro atoms. The fraction of sp³-hybridized carbons (Fsp3) is 0.588. The quantitative estimate of drug-likeness (QED) is 0.817. The summed E-state index contributed by atoms with van der Waals surface area (Å²) in [5.41, 5.74) is 3.66. The van der Waals surface area contributed by atoms with Gasteiger partial charge >= 0.3 is 0 Å². The average molecular weight is 298 g/mol. The Morgan fingerprint density at radius 3 is 2.86 bits per heavy atom. The summed E-state index contributed by atoms with van der Waals surface area (Å²) in [4.78, 5) is 4.34. The average Bonchev–Trinajstić information content (AvgIpc) is 3.04. The minimum atomic E-state index is 0.0133. The number of H-pyrrole nitrogens is 1. The lowest BCUT2D eigenvalue weighted by Gasteiger charge is -2.50. The van der Waals surface area contributed by atoms with Gasteiger partial charge in [0.1, 0.15) is 5.69 Å². The molecular weight excluding hydrogens is 276 g/mol. The maximum absolute atomic E-state index is 5.12. The number of aryl methyl sites for hydroxylation is 1. The third-order valence-corrected chi connectivity index (χ3v) is 5.60. The molecule has 2 aromatic rings. The maximum Gasteiger partial charge on any atom is 0.223 e. The van der Waals surface area contributed by atoms with Crippen LogP contribution in [0.25, 0.3) is 11.5 Å². The second-order valence-electron chi connectivity index (χ2n) is 7.53. The molecule has 0 aromatic carbocycles. The molecule has 0 radical (unpaired) electrons. The van der Waals surface area contributed by atoms with Crippen molar-refractivity contribution in [2.45, 2.75) is 52.4 Å². The van der Waals surface area contributed by atoms with Gasteiger partial charge in [-0.05, 0) is 30.6 Å². The van der Waals surface area contributed by atoms with Gasteiger partial charge < -0.3 is 4.52 Å². The zero-order chi connectivity index (χ0) is 15.5. The van der Waals surface area contributed by atoms with Crippen LogP contribution in [0.15, 0.2) is 16.7 Å². The molecule has 2 aliphatic rings. The van der Waals surface area contributed by atoms with Gasteiger partial charge in [-0.15, -0.1) is 0 Å². The summed E-state index contributed by atoms with van der Waals surface area (Å²) in [5, 5.41) is 11.8. The van der Waals surface area contributed by atoms with Gasteiger partial charge in [-0.25, -0.2) is 0 Å². The number of hydrogen-bond donors (Lipinski definition) is 1. The van der Waals surface area contributed by atoms with Crippen molar-refractivity contribution in [3.8, 4) is 11.5 Å². The van der Waals surface area contributed by atoms with Crippen molar-refractivity contribution < 1.29 is 4.52 Å². The first-order chi connectivity index (χ1) is 10.4. The van der Waals surface area contributed by atoms with Gasteiger partial charge in [-0.3, -0.25) is 5.10 Å². The molecular formula is C17H22N4O. The van der Waals surface area contributed by atoms with Crippen LogP contribution in [0.4, 0.5) is 0 Å². The van der Waals surface area contributed by atoms with Crippen molar-refractivity contribution >= 4 is 0 Å². The van der Waals surface area contributed by atoms with E-state index >= 15 is 0 Å². The fourth-order valence-corrected chi connectivity index (χ4v) is 4.55. The molecule has 1 N–H and O–H groups in total. The molecule has 2 aliphatic carbocycles. The predicted molar refractivity (Wildman–Crippen MR) is 83.3 cm³/mol. The van der Waals surface area contributed by atoms with Crippen LogP contribution in [0.2, 0.25) is 0 Å². The number of fused-ring (bicyclic) bond motifs is 3. The highest BCUT2D eigenvalue weighted by Crippen LogP contribution is 2.54. The van der Waals surface area contributed by atoms with Crippen molar-refractivity contribution in [3.05, 3.63) is 29.3 Å². The third-order valence-electron chi connectivity index (χ3n) is 5.60. The SMILES string of the molecule is Cc1nc(-c2n[nH]c3c2CC[C@H]2C(C)(C)CC=C[C@]32C)no1. The second kappa shape index (κ2) is 4.31. The van der Waals surface area contributed by atoms with Crippen LogP contribution in [0.5, 0.6) is 0 Å². The fourth-order valence-electron chi connectivity index (χ4n) is 4.55. The topological polar surface area (TPSA) is 67.6 Å². The molecule has 0 fully saturated rings. The summed E-state index contributed by atoms with van der Waals surface area (Å²) in [5.74, 6) is 1.79. The molecule has 2 atom stereocenters. The predicted octanol–water partition coefficient (Wildman–Crippen LogP) is 3.57. The van der Waals surface area contributed by atoms with E-state index in [4.69, 9.17) is 4.52 Å². The van der Waals surface area contributed by atoms with Gasteiger partial charge in [0.05, 0.1) is 0 Å². The van der Waals surface area contributed by atoms with E-state index in [-0.39, 0.29) is 5.41 Å². The number of aromatic amines is 1. The third kappa shape index (κ3) is 1.74. The zero-order valence-electron chi connectivity index (χ0n) is 13.6. The Labute approximate surface area is 130 Å². The number of nitrogens with one attached hydrogen (secondary N) is 1. The Balaban J connectivity index is 1.85. The molecule has 5 heteroatoms. The molecule has 116 valence electrons. The molecule has 0 saturated carbocycles. The highest BCUT2D eigenvalue weighted by Gasteiger charge is 2.49. The van der Waals surface area contributed by atoms with Crippen LogP contribution in [-0.2, 0) is 11.8 Å². The number of aromatic nitrogens is 4. The van der Waals surface area contributed by atoms with E-state index in [0.717, 1.165) is 18.5 Å². The number of hydrogen-bond acceptors (Lipinski definition) is 4. The van der Waals surface area contributed by atoms with Gasteiger partial charge in [-0.1, -0.05) is 38.1 Å². The summed E-state index contributed by atoms with van der Waals surface area (Å²) < 4.78 is 5.12. The molecule has 0 bridgehead atoms. The minimum absolute atomic E-state index is 0.0133. The summed E-state index contributed by atoms with van der Waals surface area (Å²) in [6.45, 7) is 8.89. The van der Waals surface area contributed by atoms with Crippen LogP contribution in [-0.4, -0.2) is 20.3 Å². The van der Waals surface area contributed by atoms with E-state index in [9.17, 15) is 0 Å². The second-order valence-corrected chi connectivity index (χ2v) is 7.53. The lowest BCUT2D eigenvalue weighted by Crippen LogP contribution is -2.45. The van der Waals surface area contributed by atoms with E-state index in [0.29, 0.717) is 23.0 Å². The molecule has 4 rings (SSSR count). The summed E-state index contributed by atoms with van der Waals surface area (Å²) in [7, 11) is 0. The highest BCUT2D eigenvalue weighted by molar-refractivity contribution is 5.58. The van der Waals surface area contributed by atoms with E-state index in [1.165, 1.54) is 17.7 Å².